The van der Waals surface area contributed by atoms with Crippen molar-refractivity contribution in [3.05, 3.63) is 72.8 Å². The summed E-state index contributed by atoms with van der Waals surface area (Å²) in [5.41, 5.74) is 0. The molecule has 0 heterocycles. The van der Waals surface area contributed by atoms with E-state index in [0.29, 0.717) is 0 Å². The second-order valence-electron chi connectivity index (χ2n) is 5.90. The van der Waals surface area contributed by atoms with Crippen molar-refractivity contribution in [3.8, 4) is 0 Å². The Morgan fingerprint density at radius 2 is 1.43 bits per heavy atom. The van der Waals surface area contributed by atoms with Gasteiger partial charge in [0.25, 0.3) is 0 Å². The van der Waals surface area contributed by atoms with Crippen LogP contribution >= 0.6 is 0 Å². The first kappa shape index (κ1) is 14.3. The summed E-state index contributed by atoms with van der Waals surface area (Å²) in [7, 11) is -0.623. The highest BCUT2D eigenvalue weighted by Gasteiger charge is 2.19. The van der Waals surface area contributed by atoms with Crippen LogP contribution in [0.1, 0.15) is 25.7 Å². The molecule has 1 heteroatoms. The molecule has 0 N–H and O–H groups in total. The molecule has 0 saturated heterocycles. The minimum absolute atomic E-state index is 0.623. The maximum atomic E-state index is 2.38. The molecule has 0 amide bonds. The summed E-state index contributed by atoms with van der Waals surface area (Å²) in [6, 6.07) is 23.6. The summed E-state index contributed by atoms with van der Waals surface area (Å²) >= 11 is 0. The molecule has 0 bridgehead atoms. The minimum Gasteiger partial charge on any atom is -0.0885 e. The first-order valence-electron chi connectivity index (χ1n) is 8.05. The molecule has 0 nitrogen and oxygen atoms in total. The number of allylic oxidation sites excluding steroid dienone is 2. The largest absolute Gasteiger partial charge is 0.121 e. The van der Waals surface area contributed by atoms with E-state index < -0.39 is 8.80 Å². The summed E-state index contributed by atoms with van der Waals surface area (Å²) in [5.74, 6) is 0.905. The van der Waals surface area contributed by atoms with Gasteiger partial charge in [0.05, 0.1) is 0 Å². The van der Waals surface area contributed by atoms with Crippen molar-refractivity contribution >= 4 is 19.2 Å². The lowest BCUT2D eigenvalue weighted by Gasteiger charge is -2.21. The first-order chi connectivity index (χ1) is 10.4. The molecule has 2 aromatic carbocycles. The maximum absolute atomic E-state index is 2.38. The van der Waals surface area contributed by atoms with Crippen molar-refractivity contribution in [3.63, 3.8) is 0 Å². The van der Waals surface area contributed by atoms with Gasteiger partial charge in [0.15, 0.2) is 0 Å². The van der Waals surface area contributed by atoms with Gasteiger partial charge in [-0.1, -0.05) is 95.7 Å². The normalized spacial score (nSPS) is 18.0. The minimum atomic E-state index is -0.623. The van der Waals surface area contributed by atoms with Crippen LogP contribution in [0.4, 0.5) is 0 Å². The van der Waals surface area contributed by atoms with Crippen molar-refractivity contribution in [2.45, 2.75) is 31.7 Å². The molecule has 107 valence electrons. The lowest BCUT2D eigenvalue weighted by molar-refractivity contribution is 0.464. The van der Waals surface area contributed by atoms with Crippen LogP contribution in [0.5, 0.6) is 0 Å². The molecule has 2 aromatic rings. The van der Waals surface area contributed by atoms with E-state index >= 15 is 0 Å². The molecule has 21 heavy (non-hydrogen) atoms. The number of hydrogen-bond acceptors (Lipinski definition) is 0. The van der Waals surface area contributed by atoms with Crippen molar-refractivity contribution in [1.82, 2.24) is 0 Å². The van der Waals surface area contributed by atoms with Gasteiger partial charge in [0.1, 0.15) is 8.80 Å². The fourth-order valence-electron chi connectivity index (χ4n) is 3.20. The molecule has 1 unspecified atom stereocenters. The van der Waals surface area contributed by atoms with Crippen LogP contribution in [0.2, 0.25) is 6.04 Å². The van der Waals surface area contributed by atoms with Gasteiger partial charge in [0.2, 0.25) is 0 Å². The Hall–Kier alpha value is -1.60. The second-order valence-corrected chi connectivity index (χ2v) is 8.51. The predicted molar refractivity (Wildman–Crippen MR) is 93.8 cm³/mol. The SMILES string of the molecule is C1=CCC(CC[Si](c2ccccc2)c2ccccc2)CC1. The zero-order valence-corrected chi connectivity index (χ0v) is 13.5. The summed E-state index contributed by atoms with van der Waals surface area (Å²) in [5, 5.41) is 3.11. The topological polar surface area (TPSA) is 0 Å². The average molecular weight is 291 g/mol. The van der Waals surface area contributed by atoms with E-state index in [9.17, 15) is 0 Å². The van der Waals surface area contributed by atoms with Crippen LogP contribution in [0.15, 0.2) is 72.8 Å². The van der Waals surface area contributed by atoms with Crippen molar-refractivity contribution < 1.29 is 0 Å². The van der Waals surface area contributed by atoms with Gasteiger partial charge in [-0.25, -0.2) is 0 Å². The standard InChI is InChI=1S/C20H23Si/c1-4-10-18(11-5-1)16-17-21(19-12-6-2-7-13-19)20-14-8-3-9-15-20/h1-4,6-9,12-15,18H,5,10-11,16-17H2. The number of benzene rings is 2. The third kappa shape index (κ3) is 3.95. The van der Waals surface area contributed by atoms with E-state index in [1.165, 1.54) is 31.7 Å². The lowest BCUT2D eigenvalue weighted by Crippen LogP contribution is -2.42. The smallest absolute Gasteiger partial charge is 0.0885 e. The van der Waals surface area contributed by atoms with E-state index in [2.05, 4.69) is 72.8 Å². The zero-order chi connectivity index (χ0) is 14.3. The van der Waals surface area contributed by atoms with Gasteiger partial charge >= 0.3 is 0 Å². The van der Waals surface area contributed by atoms with Gasteiger partial charge in [-0.05, 0) is 25.2 Å². The van der Waals surface area contributed by atoms with Crippen LogP contribution in [-0.2, 0) is 0 Å². The van der Waals surface area contributed by atoms with Gasteiger partial charge in [-0.2, -0.15) is 0 Å². The van der Waals surface area contributed by atoms with Crippen molar-refractivity contribution in [2.75, 3.05) is 0 Å². The summed E-state index contributed by atoms with van der Waals surface area (Å²) in [6.07, 6.45) is 10.1. The number of hydrogen-bond donors (Lipinski definition) is 0. The third-order valence-electron chi connectivity index (χ3n) is 4.42. The molecule has 0 fully saturated rings. The molecule has 3 rings (SSSR count). The monoisotopic (exact) mass is 291 g/mol. The van der Waals surface area contributed by atoms with E-state index in [1.54, 1.807) is 10.4 Å². The highest BCUT2D eigenvalue weighted by molar-refractivity contribution is 6.85. The Morgan fingerprint density at radius 3 is 1.95 bits per heavy atom. The molecule has 0 spiro atoms. The van der Waals surface area contributed by atoms with Crippen molar-refractivity contribution in [1.29, 1.82) is 0 Å². The second kappa shape index (κ2) is 7.42. The van der Waals surface area contributed by atoms with Crippen molar-refractivity contribution in [2.24, 2.45) is 5.92 Å². The molecule has 0 saturated carbocycles. The summed E-state index contributed by atoms with van der Waals surface area (Å²) in [4.78, 5) is 0. The van der Waals surface area contributed by atoms with E-state index in [0.717, 1.165) is 5.92 Å². The maximum Gasteiger partial charge on any atom is 0.121 e. The van der Waals surface area contributed by atoms with Gasteiger partial charge < -0.3 is 0 Å². The summed E-state index contributed by atoms with van der Waals surface area (Å²) < 4.78 is 0. The highest BCUT2D eigenvalue weighted by atomic mass is 28.3. The van der Waals surface area contributed by atoms with Crippen LogP contribution in [0.25, 0.3) is 0 Å². The number of rotatable bonds is 5. The molecule has 0 aromatic heterocycles. The van der Waals surface area contributed by atoms with E-state index in [4.69, 9.17) is 0 Å². The lowest BCUT2D eigenvalue weighted by atomic mass is 9.92. The Bertz CT molecular complexity index is 519. The first-order valence-corrected chi connectivity index (χ1v) is 9.76. The van der Waals surface area contributed by atoms with Gasteiger partial charge in [-0.3, -0.25) is 0 Å². The summed E-state index contributed by atoms with van der Waals surface area (Å²) in [6.45, 7) is 0. The average Bonchev–Trinajstić information content (AvgIpc) is 2.58. The molecule has 0 aliphatic heterocycles. The van der Waals surface area contributed by atoms with Crippen LogP contribution < -0.4 is 10.4 Å². The van der Waals surface area contributed by atoms with E-state index in [-0.39, 0.29) is 0 Å². The molecule has 1 aliphatic carbocycles. The Morgan fingerprint density at radius 1 is 0.810 bits per heavy atom. The Balaban J connectivity index is 1.75. The fraction of sp³-hybridized carbons (Fsp3) is 0.300. The molecule has 1 atom stereocenters. The quantitative estimate of drug-likeness (QED) is 0.576. The molecule has 1 radical (unpaired) electrons. The third-order valence-corrected chi connectivity index (χ3v) is 7.27. The predicted octanol–water partition coefficient (Wildman–Crippen LogP) is 4.04. The molecular formula is C20H23Si. The Labute approximate surface area is 130 Å². The van der Waals surface area contributed by atoms with E-state index in [1.807, 2.05) is 0 Å². The Kier molecular flexibility index (Phi) is 5.07. The van der Waals surface area contributed by atoms with Crippen LogP contribution in [0, 0.1) is 5.92 Å². The fourth-order valence-corrected chi connectivity index (χ4v) is 6.00. The van der Waals surface area contributed by atoms with Gasteiger partial charge in [-0.15, -0.1) is 0 Å². The van der Waals surface area contributed by atoms with Crippen LogP contribution in [-0.4, -0.2) is 8.80 Å². The molecule has 1 aliphatic rings. The highest BCUT2D eigenvalue weighted by Crippen LogP contribution is 2.23. The molecular weight excluding hydrogens is 268 g/mol. The van der Waals surface area contributed by atoms with Crippen LogP contribution in [0.3, 0.4) is 0 Å². The zero-order valence-electron chi connectivity index (χ0n) is 12.5. The van der Waals surface area contributed by atoms with Gasteiger partial charge in [0, 0.05) is 0 Å².